The Kier molecular flexibility index (Phi) is 5.21. The third-order valence-corrected chi connectivity index (χ3v) is 6.49. The average molecular weight is 391 g/mol. The van der Waals surface area contributed by atoms with Crippen molar-refractivity contribution in [1.82, 2.24) is 25.6 Å². The Balaban J connectivity index is 1.54. The molecule has 2 fully saturated rings. The molecule has 0 aromatic carbocycles. The lowest BCUT2D eigenvalue weighted by Gasteiger charge is -2.23. The van der Waals surface area contributed by atoms with E-state index in [1.54, 1.807) is 0 Å². The van der Waals surface area contributed by atoms with Crippen LogP contribution in [0.1, 0.15) is 42.9 Å². The van der Waals surface area contributed by atoms with E-state index in [2.05, 4.69) is 38.8 Å². The molecule has 1 atom stereocenters. The predicted molar refractivity (Wildman–Crippen MR) is 118 cm³/mol. The molecule has 2 saturated heterocycles. The molecule has 1 unspecified atom stereocenters. The molecule has 0 saturated carbocycles. The van der Waals surface area contributed by atoms with Gasteiger partial charge >= 0.3 is 0 Å². The van der Waals surface area contributed by atoms with Gasteiger partial charge in [-0.3, -0.25) is 0 Å². The highest BCUT2D eigenvalue weighted by Crippen LogP contribution is 2.34. The Morgan fingerprint density at radius 2 is 1.93 bits per heavy atom. The molecule has 152 valence electrons. The number of nitrogens with zero attached hydrogens (tertiary/aromatic N) is 2. The SMILES string of the molecule is Nc1ccc(CC2CCCNC2)c(-c2ccnc3[nH]c(C4CCNCC4)cc23)n1. The third-order valence-electron chi connectivity index (χ3n) is 6.49. The number of hydrogen-bond donors (Lipinski definition) is 4. The minimum atomic E-state index is 0.569. The summed E-state index contributed by atoms with van der Waals surface area (Å²) in [6.45, 7) is 4.38. The number of hydrogen-bond acceptors (Lipinski definition) is 5. The van der Waals surface area contributed by atoms with Crippen LogP contribution in [0.5, 0.6) is 0 Å². The van der Waals surface area contributed by atoms with E-state index in [4.69, 9.17) is 10.7 Å². The lowest BCUT2D eigenvalue weighted by atomic mass is 9.90. The second-order valence-electron chi connectivity index (χ2n) is 8.53. The van der Waals surface area contributed by atoms with E-state index in [1.165, 1.54) is 36.9 Å². The Morgan fingerprint density at radius 3 is 2.76 bits per heavy atom. The zero-order valence-corrected chi connectivity index (χ0v) is 16.9. The number of rotatable bonds is 4. The van der Waals surface area contributed by atoms with E-state index < -0.39 is 0 Å². The van der Waals surface area contributed by atoms with Crippen LogP contribution in [0.25, 0.3) is 22.3 Å². The third kappa shape index (κ3) is 3.87. The summed E-state index contributed by atoms with van der Waals surface area (Å²) >= 11 is 0. The molecule has 5 heterocycles. The van der Waals surface area contributed by atoms with Crippen LogP contribution in [-0.4, -0.2) is 41.1 Å². The van der Waals surface area contributed by atoms with Gasteiger partial charge in [0.15, 0.2) is 0 Å². The van der Waals surface area contributed by atoms with Crippen LogP contribution in [-0.2, 0) is 6.42 Å². The lowest BCUT2D eigenvalue weighted by Crippen LogP contribution is -2.31. The van der Waals surface area contributed by atoms with Gasteiger partial charge in [-0.05, 0) is 88.0 Å². The maximum Gasteiger partial charge on any atom is 0.138 e. The summed E-state index contributed by atoms with van der Waals surface area (Å²) in [6, 6.07) is 8.49. The van der Waals surface area contributed by atoms with Crippen LogP contribution in [0.4, 0.5) is 5.82 Å². The van der Waals surface area contributed by atoms with Crippen LogP contribution in [0.2, 0.25) is 0 Å². The normalized spacial score (nSPS) is 20.9. The largest absolute Gasteiger partial charge is 0.384 e. The number of aromatic amines is 1. The number of nitrogens with one attached hydrogen (secondary N) is 3. The first-order valence-corrected chi connectivity index (χ1v) is 10.9. The summed E-state index contributed by atoms with van der Waals surface area (Å²) in [5, 5.41) is 8.13. The monoisotopic (exact) mass is 390 g/mol. The van der Waals surface area contributed by atoms with E-state index in [0.717, 1.165) is 54.9 Å². The van der Waals surface area contributed by atoms with Crippen LogP contribution in [0.3, 0.4) is 0 Å². The van der Waals surface area contributed by atoms with E-state index in [1.807, 2.05) is 12.3 Å². The van der Waals surface area contributed by atoms with Crippen LogP contribution in [0, 0.1) is 5.92 Å². The zero-order chi connectivity index (χ0) is 19.6. The topological polar surface area (TPSA) is 91.6 Å². The van der Waals surface area contributed by atoms with Gasteiger partial charge < -0.3 is 21.4 Å². The first-order valence-electron chi connectivity index (χ1n) is 10.9. The summed E-state index contributed by atoms with van der Waals surface area (Å²) in [7, 11) is 0. The molecule has 0 aliphatic carbocycles. The molecule has 0 spiro atoms. The predicted octanol–water partition coefficient (Wildman–Crippen LogP) is 3.22. The average Bonchev–Trinajstić information content (AvgIpc) is 3.21. The summed E-state index contributed by atoms with van der Waals surface area (Å²) in [5.41, 5.74) is 11.8. The molecule has 3 aromatic heterocycles. The molecule has 29 heavy (non-hydrogen) atoms. The van der Waals surface area contributed by atoms with Crippen molar-refractivity contribution < 1.29 is 0 Å². The molecule has 5 N–H and O–H groups in total. The van der Waals surface area contributed by atoms with E-state index in [-0.39, 0.29) is 0 Å². The Hall–Kier alpha value is -2.44. The highest BCUT2D eigenvalue weighted by Gasteiger charge is 2.21. The number of nitrogen functional groups attached to an aromatic ring is 1. The first-order chi connectivity index (χ1) is 14.3. The van der Waals surface area contributed by atoms with Crippen molar-refractivity contribution in [2.75, 3.05) is 31.9 Å². The number of fused-ring (bicyclic) bond motifs is 1. The van der Waals surface area contributed by atoms with Gasteiger partial charge in [0.2, 0.25) is 0 Å². The number of H-pyrrole nitrogens is 1. The molecule has 6 nitrogen and oxygen atoms in total. The van der Waals surface area contributed by atoms with Crippen molar-refractivity contribution in [2.24, 2.45) is 5.92 Å². The summed E-state index contributed by atoms with van der Waals surface area (Å²) < 4.78 is 0. The van der Waals surface area contributed by atoms with Crippen molar-refractivity contribution in [3.8, 4) is 11.3 Å². The summed E-state index contributed by atoms with van der Waals surface area (Å²) in [6.07, 6.45) is 7.77. The van der Waals surface area contributed by atoms with Crippen LogP contribution < -0.4 is 16.4 Å². The maximum absolute atomic E-state index is 6.11. The van der Waals surface area contributed by atoms with Crippen LogP contribution >= 0.6 is 0 Å². The molecule has 3 aromatic rings. The molecule has 2 aliphatic rings. The van der Waals surface area contributed by atoms with Gasteiger partial charge in [-0.15, -0.1) is 0 Å². The molecule has 6 heteroatoms. The molecule has 0 radical (unpaired) electrons. The van der Waals surface area contributed by atoms with Crippen molar-refractivity contribution in [2.45, 2.75) is 38.0 Å². The maximum atomic E-state index is 6.11. The van der Waals surface area contributed by atoms with Crippen molar-refractivity contribution in [3.05, 3.63) is 41.7 Å². The molecule has 2 aliphatic heterocycles. The van der Waals surface area contributed by atoms with Crippen molar-refractivity contribution >= 4 is 16.9 Å². The molecule has 5 rings (SSSR count). The van der Waals surface area contributed by atoms with Gasteiger partial charge in [0.05, 0.1) is 5.69 Å². The smallest absolute Gasteiger partial charge is 0.138 e. The molecular formula is C23H30N6. The quantitative estimate of drug-likeness (QED) is 0.549. The van der Waals surface area contributed by atoms with Gasteiger partial charge in [-0.2, -0.15) is 0 Å². The van der Waals surface area contributed by atoms with Crippen molar-refractivity contribution in [3.63, 3.8) is 0 Å². The standard InChI is InChI=1S/C23H30N6/c24-21-4-3-17(12-15-2-1-8-26-14-15)22(29-21)18-7-11-27-23-19(18)13-20(28-23)16-5-9-25-10-6-16/h3-4,7,11,13,15-16,25-26H,1-2,5-6,8-10,12,14H2,(H2,24,29)(H,27,28). The van der Waals surface area contributed by atoms with Gasteiger partial charge in [0.1, 0.15) is 11.5 Å². The van der Waals surface area contributed by atoms with E-state index >= 15 is 0 Å². The van der Waals surface area contributed by atoms with Crippen molar-refractivity contribution in [1.29, 1.82) is 0 Å². The fraction of sp³-hybridized carbons (Fsp3) is 0.478. The molecule has 0 amide bonds. The minimum Gasteiger partial charge on any atom is -0.384 e. The second kappa shape index (κ2) is 8.13. The number of pyridine rings is 2. The second-order valence-corrected chi connectivity index (χ2v) is 8.53. The van der Waals surface area contributed by atoms with Gasteiger partial charge in [0.25, 0.3) is 0 Å². The van der Waals surface area contributed by atoms with E-state index in [9.17, 15) is 0 Å². The minimum absolute atomic E-state index is 0.569. The molecular weight excluding hydrogens is 360 g/mol. The lowest BCUT2D eigenvalue weighted by molar-refractivity contribution is 0.376. The van der Waals surface area contributed by atoms with Crippen LogP contribution in [0.15, 0.2) is 30.5 Å². The fourth-order valence-electron chi connectivity index (χ4n) is 4.92. The van der Waals surface area contributed by atoms with Gasteiger partial charge in [-0.25, -0.2) is 9.97 Å². The molecule has 0 bridgehead atoms. The Bertz CT molecular complexity index is 982. The van der Waals surface area contributed by atoms with E-state index in [0.29, 0.717) is 17.7 Å². The summed E-state index contributed by atoms with van der Waals surface area (Å²) in [4.78, 5) is 13.0. The number of aromatic nitrogens is 3. The summed E-state index contributed by atoms with van der Waals surface area (Å²) in [5.74, 6) is 1.80. The Labute approximate surface area is 171 Å². The van der Waals surface area contributed by atoms with Gasteiger partial charge in [-0.1, -0.05) is 6.07 Å². The Morgan fingerprint density at radius 1 is 1.03 bits per heavy atom. The van der Waals surface area contributed by atoms with Gasteiger partial charge in [0, 0.05) is 28.8 Å². The number of anilines is 1. The zero-order valence-electron chi connectivity index (χ0n) is 16.9. The first kappa shape index (κ1) is 18.6. The highest BCUT2D eigenvalue weighted by atomic mass is 14.9. The number of piperidine rings is 2. The fourth-order valence-corrected chi connectivity index (χ4v) is 4.92. The highest BCUT2D eigenvalue weighted by molar-refractivity contribution is 5.93. The number of nitrogens with two attached hydrogens (primary N) is 1.